The van der Waals surface area contributed by atoms with Gasteiger partial charge in [0, 0.05) is 4.70 Å². The second-order valence-corrected chi connectivity index (χ2v) is 4.47. The highest BCUT2D eigenvalue weighted by atomic mass is 32.1. The monoisotopic (exact) mass is 232 g/mol. The molecular formula is C11H8N2O2S. The van der Waals surface area contributed by atoms with E-state index in [0.717, 1.165) is 10.3 Å². The van der Waals surface area contributed by atoms with Gasteiger partial charge in [0.05, 0.1) is 4.88 Å². The van der Waals surface area contributed by atoms with Crippen molar-refractivity contribution in [1.82, 2.24) is 5.43 Å². The molecule has 2 heterocycles. The van der Waals surface area contributed by atoms with Crippen LogP contribution in [0, 0.1) is 0 Å². The Morgan fingerprint density at radius 2 is 2.25 bits per heavy atom. The first-order chi connectivity index (χ1) is 7.83. The number of hydrogen-bond donors (Lipinski definition) is 1. The normalized spacial score (nSPS) is 15.5. The minimum atomic E-state index is -0.218. The van der Waals surface area contributed by atoms with E-state index < -0.39 is 0 Å². The predicted octanol–water partition coefficient (Wildman–Crippen LogP) is 1.71. The van der Waals surface area contributed by atoms with Gasteiger partial charge in [0.2, 0.25) is 5.90 Å². The van der Waals surface area contributed by atoms with Gasteiger partial charge in [-0.05, 0) is 17.5 Å². The third kappa shape index (κ3) is 1.55. The van der Waals surface area contributed by atoms with Gasteiger partial charge in [-0.25, -0.2) is 5.43 Å². The highest BCUT2D eigenvalue weighted by Gasteiger charge is 2.16. The summed E-state index contributed by atoms with van der Waals surface area (Å²) >= 11 is 1.60. The van der Waals surface area contributed by atoms with Gasteiger partial charge in [-0.2, -0.15) is 0 Å². The smallest absolute Gasteiger partial charge is 0.278 e. The molecule has 0 saturated carbocycles. The number of rotatable bonds is 1. The zero-order chi connectivity index (χ0) is 11.0. The number of fused-ring (bicyclic) bond motifs is 1. The Labute approximate surface area is 95.5 Å². The van der Waals surface area contributed by atoms with Gasteiger partial charge in [0.1, 0.15) is 0 Å². The van der Waals surface area contributed by atoms with Crippen LogP contribution in [0.15, 0.2) is 35.4 Å². The van der Waals surface area contributed by atoms with Crippen LogP contribution in [-0.2, 0) is 9.53 Å². The summed E-state index contributed by atoms with van der Waals surface area (Å²) in [7, 11) is 0. The number of carbonyl (C=O) groups excluding carboxylic acids is 1. The van der Waals surface area contributed by atoms with Crippen LogP contribution in [0.4, 0.5) is 0 Å². The van der Waals surface area contributed by atoms with Gasteiger partial charge in [-0.3, -0.25) is 4.79 Å². The number of ether oxygens (including phenoxy) is 1. The molecule has 0 saturated heterocycles. The SMILES string of the molecule is O=C1COC(c2cc3ccccc3s2)=NN1. The lowest BCUT2D eigenvalue weighted by Crippen LogP contribution is -2.31. The Kier molecular flexibility index (Phi) is 2.11. The van der Waals surface area contributed by atoms with E-state index in [9.17, 15) is 4.79 Å². The molecule has 1 aliphatic rings. The van der Waals surface area contributed by atoms with E-state index >= 15 is 0 Å². The predicted molar refractivity (Wildman–Crippen MR) is 62.5 cm³/mol. The van der Waals surface area contributed by atoms with Crippen LogP contribution in [-0.4, -0.2) is 18.4 Å². The molecule has 5 heteroatoms. The average molecular weight is 232 g/mol. The minimum absolute atomic E-state index is 0.0348. The fraction of sp³-hybridized carbons (Fsp3) is 0.0909. The van der Waals surface area contributed by atoms with Gasteiger partial charge < -0.3 is 4.74 Å². The zero-order valence-corrected chi connectivity index (χ0v) is 9.08. The molecule has 1 aromatic carbocycles. The quantitative estimate of drug-likeness (QED) is 0.813. The summed E-state index contributed by atoms with van der Waals surface area (Å²) < 4.78 is 6.44. The number of nitrogens with zero attached hydrogens (tertiary/aromatic N) is 1. The molecule has 2 aromatic rings. The molecule has 16 heavy (non-hydrogen) atoms. The highest BCUT2D eigenvalue weighted by Crippen LogP contribution is 2.26. The molecule has 0 atom stereocenters. The second-order valence-electron chi connectivity index (χ2n) is 3.39. The van der Waals surface area contributed by atoms with E-state index in [1.807, 2.05) is 30.3 Å². The Balaban J connectivity index is 2.03. The summed E-state index contributed by atoms with van der Waals surface area (Å²) in [4.78, 5) is 11.8. The van der Waals surface area contributed by atoms with Crippen molar-refractivity contribution in [3.63, 3.8) is 0 Å². The van der Waals surface area contributed by atoms with E-state index in [1.165, 1.54) is 4.70 Å². The third-order valence-electron chi connectivity index (χ3n) is 2.26. The zero-order valence-electron chi connectivity index (χ0n) is 8.27. The van der Waals surface area contributed by atoms with E-state index in [-0.39, 0.29) is 12.5 Å². The van der Waals surface area contributed by atoms with Crippen molar-refractivity contribution in [2.24, 2.45) is 5.10 Å². The van der Waals surface area contributed by atoms with Crippen LogP contribution in [0.3, 0.4) is 0 Å². The molecule has 4 nitrogen and oxygen atoms in total. The lowest BCUT2D eigenvalue weighted by Gasteiger charge is -2.11. The molecule has 1 amide bonds. The molecule has 3 rings (SSSR count). The Morgan fingerprint density at radius 1 is 1.38 bits per heavy atom. The molecular weight excluding hydrogens is 224 g/mol. The number of amides is 1. The summed E-state index contributed by atoms with van der Waals surface area (Å²) in [6.45, 7) is 0.0348. The Morgan fingerprint density at radius 3 is 3.00 bits per heavy atom. The maximum atomic E-state index is 10.9. The van der Waals surface area contributed by atoms with Crippen molar-refractivity contribution in [2.45, 2.75) is 0 Å². The maximum absolute atomic E-state index is 10.9. The highest BCUT2D eigenvalue weighted by molar-refractivity contribution is 7.20. The fourth-order valence-corrected chi connectivity index (χ4v) is 2.53. The largest absolute Gasteiger partial charge is 0.465 e. The molecule has 0 unspecified atom stereocenters. The molecule has 0 radical (unpaired) electrons. The van der Waals surface area contributed by atoms with Crippen molar-refractivity contribution in [1.29, 1.82) is 0 Å². The van der Waals surface area contributed by atoms with Crippen LogP contribution in [0.5, 0.6) is 0 Å². The fourth-order valence-electron chi connectivity index (χ4n) is 1.53. The standard InChI is InChI=1S/C11H8N2O2S/c14-10-6-15-11(13-12-10)9-5-7-3-1-2-4-8(7)16-9/h1-5H,6H2,(H,12,14). The van der Waals surface area contributed by atoms with Crippen molar-refractivity contribution in [3.8, 4) is 0 Å². The number of nitrogens with one attached hydrogen (secondary N) is 1. The average Bonchev–Trinajstić information content (AvgIpc) is 2.73. The number of carbonyl (C=O) groups is 1. The van der Waals surface area contributed by atoms with Crippen molar-refractivity contribution < 1.29 is 9.53 Å². The number of hydrazone groups is 1. The Bertz CT molecular complexity index is 555. The maximum Gasteiger partial charge on any atom is 0.278 e. The first-order valence-electron chi connectivity index (χ1n) is 4.81. The van der Waals surface area contributed by atoms with Crippen molar-refractivity contribution >= 4 is 33.2 Å². The summed E-state index contributed by atoms with van der Waals surface area (Å²) in [5.74, 6) is 0.269. The molecule has 0 aliphatic carbocycles. The van der Waals surface area contributed by atoms with Gasteiger partial charge >= 0.3 is 0 Å². The van der Waals surface area contributed by atoms with Crippen LogP contribution in [0.1, 0.15) is 4.88 Å². The lowest BCUT2D eigenvalue weighted by atomic mass is 10.2. The molecule has 1 N–H and O–H groups in total. The van der Waals surface area contributed by atoms with E-state index in [2.05, 4.69) is 10.5 Å². The molecule has 1 aliphatic heterocycles. The summed E-state index contributed by atoms with van der Waals surface area (Å²) in [5.41, 5.74) is 2.41. The minimum Gasteiger partial charge on any atom is -0.465 e. The lowest BCUT2D eigenvalue weighted by molar-refractivity contribution is -0.124. The number of hydrogen-bond acceptors (Lipinski definition) is 4. The van der Waals surface area contributed by atoms with Gasteiger partial charge in [0.25, 0.3) is 5.91 Å². The summed E-state index contributed by atoms with van der Waals surface area (Å²) in [5, 5.41) is 5.04. The topological polar surface area (TPSA) is 50.7 Å². The van der Waals surface area contributed by atoms with Crippen LogP contribution < -0.4 is 5.43 Å². The van der Waals surface area contributed by atoms with Crippen LogP contribution in [0.2, 0.25) is 0 Å². The molecule has 0 spiro atoms. The van der Waals surface area contributed by atoms with Gasteiger partial charge in [-0.1, -0.05) is 18.2 Å². The van der Waals surface area contributed by atoms with Gasteiger partial charge in [-0.15, -0.1) is 16.4 Å². The molecule has 0 bridgehead atoms. The van der Waals surface area contributed by atoms with Crippen molar-refractivity contribution in [3.05, 3.63) is 35.2 Å². The van der Waals surface area contributed by atoms with Crippen LogP contribution in [0.25, 0.3) is 10.1 Å². The first kappa shape index (κ1) is 9.35. The third-order valence-corrected chi connectivity index (χ3v) is 3.36. The second kappa shape index (κ2) is 3.61. The Hall–Kier alpha value is -1.88. The summed E-state index contributed by atoms with van der Waals surface area (Å²) in [6, 6.07) is 10.1. The molecule has 0 fully saturated rings. The van der Waals surface area contributed by atoms with Gasteiger partial charge in [0.15, 0.2) is 6.61 Å². The molecule has 80 valence electrons. The summed E-state index contributed by atoms with van der Waals surface area (Å²) in [6.07, 6.45) is 0. The van der Waals surface area contributed by atoms with E-state index in [0.29, 0.717) is 5.90 Å². The van der Waals surface area contributed by atoms with E-state index in [4.69, 9.17) is 4.74 Å². The molecule has 1 aromatic heterocycles. The number of thiophene rings is 1. The van der Waals surface area contributed by atoms with E-state index in [1.54, 1.807) is 11.3 Å². The van der Waals surface area contributed by atoms with Crippen molar-refractivity contribution in [2.75, 3.05) is 6.61 Å². The number of benzene rings is 1. The first-order valence-corrected chi connectivity index (χ1v) is 5.63. The van der Waals surface area contributed by atoms with Crippen LogP contribution >= 0.6 is 11.3 Å².